The van der Waals surface area contributed by atoms with Gasteiger partial charge in [0.15, 0.2) is 0 Å². The molecule has 1 heterocycles. The van der Waals surface area contributed by atoms with Crippen molar-refractivity contribution in [1.29, 1.82) is 0 Å². The molecule has 1 N–H and O–H groups in total. The molecule has 0 aliphatic carbocycles. The number of nitrogens with zero attached hydrogens (tertiary/aromatic N) is 3. The van der Waals surface area contributed by atoms with Crippen molar-refractivity contribution in [2.75, 3.05) is 38.6 Å². The zero-order chi connectivity index (χ0) is 13.4. The fraction of sp³-hybridized carbons (Fsp3) is 0.692. The largest absolute Gasteiger partial charge is 0.481 e. The van der Waals surface area contributed by atoms with Gasteiger partial charge in [0.05, 0.1) is 12.7 Å². The summed E-state index contributed by atoms with van der Waals surface area (Å²) in [5.74, 6) is 1.49. The third-order valence-corrected chi connectivity index (χ3v) is 2.94. The Hall–Kier alpha value is -1.36. The third-order valence-electron chi connectivity index (χ3n) is 2.94. The van der Waals surface area contributed by atoms with E-state index in [1.54, 1.807) is 7.11 Å². The lowest BCUT2D eigenvalue weighted by molar-refractivity contribution is 0.300. The van der Waals surface area contributed by atoms with E-state index in [1.807, 2.05) is 6.92 Å². The maximum Gasteiger partial charge on any atom is 0.221 e. The van der Waals surface area contributed by atoms with Gasteiger partial charge in [0.1, 0.15) is 12.1 Å². The molecule has 0 fully saturated rings. The van der Waals surface area contributed by atoms with E-state index in [-0.39, 0.29) is 0 Å². The zero-order valence-corrected chi connectivity index (χ0v) is 11.9. The molecule has 1 aromatic rings. The number of likely N-dealkylation sites (N-methyl/N-ethyl adjacent to an activating group) is 1. The van der Waals surface area contributed by atoms with Crippen LogP contribution in [0.15, 0.2) is 6.33 Å². The summed E-state index contributed by atoms with van der Waals surface area (Å²) >= 11 is 0. The van der Waals surface area contributed by atoms with Crippen molar-refractivity contribution >= 4 is 5.82 Å². The van der Waals surface area contributed by atoms with E-state index in [0.717, 1.165) is 37.6 Å². The number of ether oxygens (including phenoxy) is 1. The van der Waals surface area contributed by atoms with Crippen LogP contribution in [0.3, 0.4) is 0 Å². The first-order valence-corrected chi connectivity index (χ1v) is 6.54. The quantitative estimate of drug-likeness (QED) is 0.766. The summed E-state index contributed by atoms with van der Waals surface area (Å²) in [6.45, 7) is 10.5. The smallest absolute Gasteiger partial charge is 0.221 e. The molecule has 102 valence electrons. The molecule has 0 spiro atoms. The van der Waals surface area contributed by atoms with Gasteiger partial charge >= 0.3 is 0 Å². The second kappa shape index (κ2) is 7.87. The lowest BCUT2D eigenvalue weighted by Crippen LogP contribution is -2.29. The number of rotatable bonds is 8. The summed E-state index contributed by atoms with van der Waals surface area (Å²) in [5, 5.41) is 3.34. The Morgan fingerprint density at radius 2 is 2.06 bits per heavy atom. The second-order valence-electron chi connectivity index (χ2n) is 4.22. The number of aromatic nitrogens is 2. The molecule has 0 aliphatic rings. The summed E-state index contributed by atoms with van der Waals surface area (Å²) in [7, 11) is 1.62. The first-order chi connectivity index (χ1) is 8.72. The number of hydrogen-bond acceptors (Lipinski definition) is 5. The molecule has 1 rings (SSSR count). The molecule has 0 radical (unpaired) electrons. The maximum atomic E-state index is 5.17. The minimum atomic E-state index is 0.633. The van der Waals surface area contributed by atoms with Crippen LogP contribution in [0.1, 0.15) is 25.8 Å². The molecule has 0 bridgehead atoms. The summed E-state index contributed by atoms with van der Waals surface area (Å²) in [6.07, 6.45) is 2.71. The molecule has 18 heavy (non-hydrogen) atoms. The summed E-state index contributed by atoms with van der Waals surface area (Å²) in [4.78, 5) is 10.7. The molecule has 1 aromatic heterocycles. The first kappa shape index (κ1) is 14.7. The molecule has 0 saturated heterocycles. The lowest BCUT2D eigenvalue weighted by atomic mass is 10.3. The van der Waals surface area contributed by atoms with Crippen molar-refractivity contribution in [3.05, 3.63) is 11.9 Å². The minimum absolute atomic E-state index is 0.633. The number of anilines is 1. The Kier molecular flexibility index (Phi) is 6.43. The van der Waals surface area contributed by atoms with Crippen LogP contribution in [0.4, 0.5) is 5.82 Å². The van der Waals surface area contributed by atoms with Crippen molar-refractivity contribution < 1.29 is 4.74 Å². The normalized spacial score (nSPS) is 10.7. The topological polar surface area (TPSA) is 50.3 Å². The van der Waals surface area contributed by atoms with Gasteiger partial charge in [-0.25, -0.2) is 9.97 Å². The van der Waals surface area contributed by atoms with Crippen LogP contribution >= 0.6 is 0 Å². The second-order valence-corrected chi connectivity index (χ2v) is 4.22. The third kappa shape index (κ3) is 4.14. The number of methoxy groups -OCH3 is 1. The van der Waals surface area contributed by atoms with E-state index in [4.69, 9.17) is 4.74 Å². The average Bonchev–Trinajstić information content (AvgIpc) is 2.39. The maximum absolute atomic E-state index is 5.17. The fourth-order valence-corrected chi connectivity index (χ4v) is 1.89. The van der Waals surface area contributed by atoms with Gasteiger partial charge in [0.25, 0.3) is 0 Å². The van der Waals surface area contributed by atoms with Gasteiger partial charge in [-0.05, 0) is 26.4 Å². The molecular formula is C13H24N4O. The first-order valence-electron chi connectivity index (χ1n) is 6.54. The predicted octanol–water partition coefficient (Wildman–Crippen LogP) is 1.94. The zero-order valence-electron chi connectivity index (χ0n) is 11.9. The lowest BCUT2D eigenvalue weighted by Gasteiger charge is -2.20. The summed E-state index contributed by atoms with van der Waals surface area (Å²) in [5.41, 5.74) is 0.957. The van der Waals surface area contributed by atoms with Gasteiger partial charge in [0.2, 0.25) is 5.88 Å². The van der Waals surface area contributed by atoms with Crippen molar-refractivity contribution in [2.45, 2.75) is 27.2 Å². The van der Waals surface area contributed by atoms with E-state index < -0.39 is 0 Å². The van der Waals surface area contributed by atoms with Gasteiger partial charge in [-0.15, -0.1) is 0 Å². The van der Waals surface area contributed by atoms with Gasteiger partial charge in [-0.1, -0.05) is 13.8 Å². The Balaban J connectivity index is 2.48. The molecule has 0 saturated carbocycles. The Morgan fingerprint density at radius 3 is 2.67 bits per heavy atom. The SMILES string of the molecule is CCCN(CC)CCNc1ncnc(OC)c1C. The minimum Gasteiger partial charge on any atom is -0.481 e. The van der Waals surface area contributed by atoms with E-state index in [0.29, 0.717) is 5.88 Å². The fourth-order valence-electron chi connectivity index (χ4n) is 1.89. The Labute approximate surface area is 110 Å². The molecule has 0 unspecified atom stereocenters. The van der Waals surface area contributed by atoms with Crippen LogP contribution in [0, 0.1) is 6.92 Å². The van der Waals surface area contributed by atoms with Crippen molar-refractivity contribution in [1.82, 2.24) is 14.9 Å². The molecular weight excluding hydrogens is 228 g/mol. The predicted molar refractivity (Wildman–Crippen MR) is 74.2 cm³/mol. The molecule has 5 heteroatoms. The van der Waals surface area contributed by atoms with E-state index in [2.05, 4.69) is 34.0 Å². The summed E-state index contributed by atoms with van der Waals surface area (Å²) in [6, 6.07) is 0. The molecule has 5 nitrogen and oxygen atoms in total. The molecule has 0 amide bonds. The van der Waals surface area contributed by atoms with E-state index in [9.17, 15) is 0 Å². The van der Waals surface area contributed by atoms with Crippen molar-refractivity contribution in [2.24, 2.45) is 0 Å². The highest BCUT2D eigenvalue weighted by atomic mass is 16.5. The van der Waals surface area contributed by atoms with Crippen LogP contribution in [-0.2, 0) is 0 Å². The molecule has 0 aliphatic heterocycles. The van der Waals surface area contributed by atoms with Gasteiger partial charge in [-0.2, -0.15) is 0 Å². The van der Waals surface area contributed by atoms with Crippen LogP contribution in [-0.4, -0.2) is 48.2 Å². The average molecular weight is 252 g/mol. The van der Waals surface area contributed by atoms with Crippen molar-refractivity contribution in [3.8, 4) is 5.88 Å². The summed E-state index contributed by atoms with van der Waals surface area (Å²) < 4.78 is 5.17. The highest BCUT2D eigenvalue weighted by molar-refractivity contribution is 5.47. The van der Waals surface area contributed by atoms with Crippen molar-refractivity contribution in [3.63, 3.8) is 0 Å². The van der Waals surface area contributed by atoms with Crippen LogP contribution < -0.4 is 10.1 Å². The van der Waals surface area contributed by atoms with Gasteiger partial charge in [-0.3, -0.25) is 0 Å². The standard InChI is InChI=1S/C13H24N4O/c1-5-8-17(6-2)9-7-14-12-11(3)13(18-4)16-10-15-12/h10H,5-9H2,1-4H3,(H,14,15,16). The van der Waals surface area contributed by atoms with Gasteiger partial charge < -0.3 is 15.0 Å². The van der Waals surface area contributed by atoms with Crippen LogP contribution in [0.2, 0.25) is 0 Å². The van der Waals surface area contributed by atoms with Crippen LogP contribution in [0.5, 0.6) is 5.88 Å². The monoisotopic (exact) mass is 252 g/mol. The Morgan fingerprint density at radius 1 is 1.28 bits per heavy atom. The molecule has 0 atom stereocenters. The van der Waals surface area contributed by atoms with Gasteiger partial charge in [0, 0.05) is 13.1 Å². The Bertz CT molecular complexity index is 357. The van der Waals surface area contributed by atoms with E-state index in [1.165, 1.54) is 12.7 Å². The number of nitrogens with one attached hydrogen (secondary N) is 1. The van der Waals surface area contributed by atoms with Crippen LogP contribution in [0.25, 0.3) is 0 Å². The highest BCUT2D eigenvalue weighted by Crippen LogP contribution is 2.19. The van der Waals surface area contributed by atoms with E-state index >= 15 is 0 Å². The molecule has 0 aromatic carbocycles. The highest BCUT2D eigenvalue weighted by Gasteiger charge is 2.07. The number of hydrogen-bond donors (Lipinski definition) is 1.